The first-order chi connectivity index (χ1) is 7.52. The predicted octanol–water partition coefficient (Wildman–Crippen LogP) is 1.89. The molecular weight excluding hydrogens is 206 g/mol. The maximum absolute atomic E-state index is 12.1. The molecule has 1 fully saturated rings. The van der Waals surface area contributed by atoms with Crippen molar-refractivity contribution in [1.29, 1.82) is 0 Å². The van der Waals surface area contributed by atoms with Crippen LogP contribution in [0.2, 0.25) is 0 Å². The van der Waals surface area contributed by atoms with E-state index in [1.165, 1.54) is 0 Å². The third-order valence-corrected chi connectivity index (χ3v) is 3.18. The van der Waals surface area contributed by atoms with Crippen molar-refractivity contribution in [3.05, 3.63) is 0 Å². The van der Waals surface area contributed by atoms with E-state index >= 15 is 0 Å². The quantitative estimate of drug-likeness (QED) is 0.780. The Balaban J connectivity index is 2.54. The Morgan fingerprint density at radius 2 is 1.88 bits per heavy atom. The lowest BCUT2D eigenvalue weighted by molar-refractivity contribution is -0.140. The Hall–Kier alpha value is -1.06. The Labute approximate surface area is 96.6 Å². The monoisotopic (exact) mass is 227 g/mol. The van der Waals surface area contributed by atoms with Gasteiger partial charge in [-0.1, -0.05) is 12.8 Å². The summed E-state index contributed by atoms with van der Waals surface area (Å²) in [5, 5.41) is 8.65. The minimum absolute atomic E-state index is 0.0383. The molecule has 1 aliphatic rings. The molecule has 0 saturated heterocycles. The Morgan fingerprint density at radius 3 is 2.31 bits per heavy atom. The van der Waals surface area contributed by atoms with Gasteiger partial charge < -0.3 is 10.0 Å². The van der Waals surface area contributed by atoms with Crippen LogP contribution in [-0.4, -0.2) is 34.5 Å². The molecule has 0 aliphatic heterocycles. The summed E-state index contributed by atoms with van der Waals surface area (Å²) in [6.45, 7) is 4.21. The van der Waals surface area contributed by atoms with Gasteiger partial charge in [0.15, 0.2) is 0 Å². The summed E-state index contributed by atoms with van der Waals surface area (Å²) in [6.07, 6.45) is 4.23. The molecule has 1 N–H and O–H groups in total. The van der Waals surface area contributed by atoms with Gasteiger partial charge in [0.1, 0.15) is 0 Å². The number of carbonyl (C=O) groups excluding carboxylic acids is 1. The van der Waals surface area contributed by atoms with Crippen LogP contribution in [0.1, 0.15) is 46.0 Å². The van der Waals surface area contributed by atoms with Gasteiger partial charge in [0.05, 0.1) is 6.42 Å². The van der Waals surface area contributed by atoms with E-state index in [9.17, 15) is 9.59 Å². The molecule has 1 rings (SSSR count). The van der Waals surface area contributed by atoms with Gasteiger partial charge >= 0.3 is 5.97 Å². The molecule has 4 heteroatoms. The predicted molar refractivity (Wildman–Crippen MR) is 61.1 cm³/mol. The molecule has 1 saturated carbocycles. The third-order valence-electron chi connectivity index (χ3n) is 3.18. The zero-order chi connectivity index (χ0) is 12.1. The summed E-state index contributed by atoms with van der Waals surface area (Å²) in [6, 6.07) is 0.0902. The van der Waals surface area contributed by atoms with Crippen molar-refractivity contribution in [2.24, 2.45) is 5.92 Å². The second-order valence-electron chi connectivity index (χ2n) is 4.75. The van der Waals surface area contributed by atoms with E-state index in [0.717, 1.165) is 25.7 Å². The van der Waals surface area contributed by atoms with E-state index in [1.54, 1.807) is 4.90 Å². The van der Waals surface area contributed by atoms with Crippen LogP contribution in [0.15, 0.2) is 0 Å². The van der Waals surface area contributed by atoms with Gasteiger partial charge in [0.25, 0.3) is 0 Å². The van der Waals surface area contributed by atoms with Gasteiger partial charge in [0, 0.05) is 18.5 Å². The highest BCUT2D eigenvalue weighted by atomic mass is 16.4. The summed E-state index contributed by atoms with van der Waals surface area (Å²) >= 11 is 0. The first-order valence-corrected chi connectivity index (χ1v) is 6.04. The van der Waals surface area contributed by atoms with E-state index in [0.29, 0.717) is 6.54 Å². The lowest BCUT2D eigenvalue weighted by Gasteiger charge is -2.28. The van der Waals surface area contributed by atoms with Crippen LogP contribution < -0.4 is 0 Å². The van der Waals surface area contributed by atoms with Crippen LogP contribution >= 0.6 is 0 Å². The van der Waals surface area contributed by atoms with Gasteiger partial charge in [-0.2, -0.15) is 0 Å². The fraction of sp³-hybridized carbons (Fsp3) is 0.833. The summed E-state index contributed by atoms with van der Waals surface area (Å²) in [7, 11) is 0. The Morgan fingerprint density at radius 1 is 1.31 bits per heavy atom. The molecule has 0 atom stereocenters. The topological polar surface area (TPSA) is 57.6 Å². The molecule has 0 aromatic rings. The van der Waals surface area contributed by atoms with Crippen LogP contribution in [-0.2, 0) is 9.59 Å². The number of carbonyl (C=O) groups is 2. The molecule has 16 heavy (non-hydrogen) atoms. The van der Waals surface area contributed by atoms with E-state index in [-0.39, 0.29) is 24.3 Å². The number of hydrogen-bond acceptors (Lipinski definition) is 2. The minimum Gasteiger partial charge on any atom is -0.481 e. The molecule has 0 heterocycles. The lowest BCUT2D eigenvalue weighted by Crippen LogP contribution is -2.41. The SMILES string of the molecule is CC(C)N(CCC(=O)O)C(=O)C1CCCC1. The van der Waals surface area contributed by atoms with Crippen molar-refractivity contribution < 1.29 is 14.7 Å². The van der Waals surface area contributed by atoms with Gasteiger partial charge in [0.2, 0.25) is 5.91 Å². The highest BCUT2D eigenvalue weighted by Gasteiger charge is 2.28. The number of rotatable bonds is 5. The van der Waals surface area contributed by atoms with Crippen molar-refractivity contribution in [1.82, 2.24) is 4.90 Å². The molecule has 0 aromatic heterocycles. The molecule has 92 valence electrons. The van der Waals surface area contributed by atoms with Crippen LogP contribution in [0.3, 0.4) is 0 Å². The highest BCUT2D eigenvalue weighted by molar-refractivity contribution is 5.80. The second-order valence-corrected chi connectivity index (χ2v) is 4.75. The van der Waals surface area contributed by atoms with Gasteiger partial charge in [-0.25, -0.2) is 0 Å². The van der Waals surface area contributed by atoms with Gasteiger partial charge in [-0.3, -0.25) is 9.59 Å². The maximum atomic E-state index is 12.1. The lowest BCUT2D eigenvalue weighted by atomic mass is 10.1. The van der Waals surface area contributed by atoms with E-state index in [2.05, 4.69) is 0 Å². The number of carboxylic acid groups (broad SMARTS) is 1. The fourth-order valence-corrected chi connectivity index (χ4v) is 2.25. The number of nitrogens with zero attached hydrogens (tertiary/aromatic N) is 1. The van der Waals surface area contributed by atoms with Crippen LogP contribution in [0.25, 0.3) is 0 Å². The number of aliphatic carboxylic acids is 1. The Kier molecular flexibility index (Phi) is 4.77. The minimum atomic E-state index is -0.843. The number of amides is 1. The summed E-state index contributed by atoms with van der Waals surface area (Å²) in [4.78, 5) is 24.4. The number of carboxylic acids is 1. The third kappa shape index (κ3) is 3.51. The molecule has 1 aliphatic carbocycles. The largest absolute Gasteiger partial charge is 0.481 e. The van der Waals surface area contributed by atoms with Crippen LogP contribution in [0.5, 0.6) is 0 Å². The zero-order valence-electron chi connectivity index (χ0n) is 10.1. The fourth-order valence-electron chi connectivity index (χ4n) is 2.25. The smallest absolute Gasteiger partial charge is 0.305 e. The Bertz CT molecular complexity index is 257. The molecule has 0 bridgehead atoms. The summed E-state index contributed by atoms with van der Waals surface area (Å²) in [5.74, 6) is -0.560. The normalized spacial score (nSPS) is 16.7. The first kappa shape index (κ1) is 13.0. The highest BCUT2D eigenvalue weighted by Crippen LogP contribution is 2.27. The molecule has 0 unspecified atom stereocenters. The zero-order valence-corrected chi connectivity index (χ0v) is 10.1. The van der Waals surface area contributed by atoms with Crippen LogP contribution in [0.4, 0.5) is 0 Å². The molecule has 0 spiro atoms. The van der Waals surface area contributed by atoms with E-state index < -0.39 is 5.97 Å². The van der Waals surface area contributed by atoms with Crippen molar-refractivity contribution in [2.45, 2.75) is 52.0 Å². The standard InChI is InChI=1S/C12H21NO3/c1-9(2)13(8-7-11(14)15)12(16)10-5-3-4-6-10/h9-10H,3-8H2,1-2H3,(H,14,15). The van der Waals surface area contributed by atoms with Crippen molar-refractivity contribution in [2.75, 3.05) is 6.54 Å². The summed E-state index contributed by atoms with van der Waals surface area (Å²) < 4.78 is 0. The van der Waals surface area contributed by atoms with Crippen molar-refractivity contribution >= 4 is 11.9 Å². The van der Waals surface area contributed by atoms with Gasteiger partial charge in [-0.15, -0.1) is 0 Å². The molecule has 0 aromatic carbocycles. The van der Waals surface area contributed by atoms with E-state index in [1.807, 2.05) is 13.8 Å². The van der Waals surface area contributed by atoms with Crippen molar-refractivity contribution in [3.63, 3.8) is 0 Å². The molecule has 0 radical (unpaired) electrons. The van der Waals surface area contributed by atoms with Gasteiger partial charge in [-0.05, 0) is 26.7 Å². The average molecular weight is 227 g/mol. The van der Waals surface area contributed by atoms with Crippen LogP contribution in [0, 0.1) is 5.92 Å². The van der Waals surface area contributed by atoms with Crippen molar-refractivity contribution in [3.8, 4) is 0 Å². The molecule has 1 amide bonds. The second kappa shape index (κ2) is 5.87. The summed E-state index contributed by atoms with van der Waals surface area (Å²) in [5.41, 5.74) is 0. The number of hydrogen-bond donors (Lipinski definition) is 1. The molecular formula is C12H21NO3. The maximum Gasteiger partial charge on any atom is 0.305 e. The molecule has 4 nitrogen and oxygen atoms in total. The first-order valence-electron chi connectivity index (χ1n) is 6.04. The average Bonchev–Trinajstić information content (AvgIpc) is 2.69. The van der Waals surface area contributed by atoms with E-state index in [4.69, 9.17) is 5.11 Å².